The fraction of sp³-hybridized carbons (Fsp3) is 0.233. The molecule has 3 N–H and O–H groups in total. The highest BCUT2D eigenvalue weighted by molar-refractivity contribution is 9.10. The van der Waals surface area contributed by atoms with Crippen LogP contribution >= 0.6 is 15.9 Å². The molecule has 8 nitrogen and oxygen atoms in total. The van der Waals surface area contributed by atoms with Gasteiger partial charge in [-0.3, -0.25) is 19.8 Å². The van der Waals surface area contributed by atoms with Crippen molar-refractivity contribution in [1.29, 1.82) is 0 Å². The number of halogens is 1. The maximum absolute atomic E-state index is 13.3. The SMILES string of the molecule is CCCCCOc1ccc(NC(=O)C(=O)Nn2c(C(=O)Nc3cc(C)cc(C)c3)cc3cc(Br)ccc32)cc1. The zero-order valence-corrected chi connectivity index (χ0v) is 23.7. The van der Waals surface area contributed by atoms with E-state index in [4.69, 9.17) is 4.74 Å². The van der Waals surface area contributed by atoms with Gasteiger partial charge in [0.1, 0.15) is 11.4 Å². The number of nitrogens with zero attached hydrogens (tertiary/aromatic N) is 1. The Morgan fingerprint density at radius 3 is 2.23 bits per heavy atom. The van der Waals surface area contributed by atoms with Gasteiger partial charge in [0.25, 0.3) is 5.91 Å². The van der Waals surface area contributed by atoms with E-state index in [1.165, 1.54) is 4.68 Å². The number of hydrogen-bond donors (Lipinski definition) is 3. The predicted octanol–water partition coefficient (Wildman–Crippen LogP) is 6.55. The average molecular weight is 592 g/mol. The van der Waals surface area contributed by atoms with Gasteiger partial charge in [-0.2, -0.15) is 0 Å². The van der Waals surface area contributed by atoms with Gasteiger partial charge in [-0.1, -0.05) is 41.8 Å². The molecule has 0 saturated carbocycles. The number of unbranched alkanes of at least 4 members (excludes halogenated alkanes) is 2. The van der Waals surface area contributed by atoms with E-state index in [9.17, 15) is 14.4 Å². The monoisotopic (exact) mass is 590 g/mol. The van der Waals surface area contributed by atoms with Crippen LogP contribution in [-0.4, -0.2) is 29.0 Å². The number of ether oxygens (including phenoxy) is 1. The van der Waals surface area contributed by atoms with Gasteiger partial charge in [-0.05, 0) is 92.1 Å². The molecule has 9 heteroatoms. The van der Waals surface area contributed by atoms with E-state index in [0.29, 0.717) is 34.6 Å². The summed E-state index contributed by atoms with van der Waals surface area (Å²) in [5.41, 5.74) is 6.42. The zero-order chi connectivity index (χ0) is 27.9. The number of benzene rings is 3. The Hall–Kier alpha value is -4.11. The van der Waals surface area contributed by atoms with Gasteiger partial charge in [0.15, 0.2) is 0 Å². The first-order chi connectivity index (χ1) is 18.7. The summed E-state index contributed by atoms with van der Waals surface area (Å²) in [5.74, 6) is -1.53. The first kappa shape index (κ1) is 27.9. The number of rotatable bonds is 9. The van der Waals surface area contributed by atoms with Gasteiger partial charge in [0, 0.05) is 21.2 Å². The average Bonchev–Trinajstić information content (AvgIpc) is 3.24. The fourth-order valence-electron chi connectivity index (χ4n) is 4.23. The molecule has 4 rings (SSSR count). The van der Waals surface area contributed by atoms with E-state index in [2.05, 4.69) is 38.9 Å². The number of anilines is 2. The fourth-order valence-corrected chi connectivity index (χ4v) is 4.61. The second-order valence-electron chi connectivity index (χ2n) is 9.37. The molecule has 1 heterocycles. The number of aryl methyl sites for hydroxylation is 2. The largest absolute Gasteiger partial charge is 0.494 e. The minimum Gasteiger partial charge on any atom is -0.494 e. The van der Waals surface area contributed by atoms with Crippen LogP contribution in [0.25, 0.3) is 10.9 Å². The van der Waals surface area contributed by atoms with Crippen LogP contribution in [0.4, 0.5) is 11.4 Å². The minimum atomic E-state index is -0.921. The van der Waals surface area contributed by atoms with Crippen molar-refractivity contribution in [1.82, 2.24) is 4.68 Å². The molecule has 0 spiro atoms. The maximum atomic E-state index is 13.3. The molecular formula is C30H31BrN4O4. The number of carbonyl (C=O) groups excluding carboxylic acids is 3. The maximum Gasteiger partial charge on any atom is 0.328 e. The summed E-state index contributed by atoms with van der Waals surface area (Å²) in [7, 11) is 0. The second-order valence-corrected chi connectivity index (χ2v) is 10.3. The van der Waals surface area contributed by atoms with Gasteiger partial charge >= 0.3 is 11.8 Å². The van der Waals surface area contributed by atoms with Crippen LogP contribution in [0.5, 0.6) is 5.75 Å². The van der Waals surface area contributed by atoms with Crippen molar-refractivity contribution in [2.75, 3.05) is 22.7 Å². The Kier molecular flexibility index (Phi) is 9.03. The summed E-state index contributed by atoms with van der Waals surface area (Å²) in [4.78, 5) is 38.9. The number of aromatic nitrogens is 1. The molecule has 4 aromatic rings. The molecule has 0 aliphatic heterocycles. The lowest BCUT2D eigenvalue weighted by Gasteiger charge is -2.13. The van der Waals surface area contributed by atoms with E-state index in [1.54, 1.807) is 42.5 Å². The van der Waals surface area contributed by atoms with Crippen molar-refractivity contribution in [2.24, 2.45) is 0 Å². The molecule has 0 aliphatic rings. The Balaban J connectivity index is 1.50. The van der Waals surface area contributed by atoms with Crippen LogP contribution in [-0.2, 0) is 9.59 Å². The second kappa shape index (κ2) is 12.6. The molecular weight excluding hydrogens is 560 g/mol. The van der Waals surface area contributed by atoms with Crippen molar-refractivity contribution in [3.8, 4) is 5.75 Å². The number of nitrogens with one attached hydrogen (secondary N) is 3. The van der Waals surface area contributed by atoms with E-state index in [1.807, 2.05) is 38.1 Å². The van der Waals surface area contributed by atoms with E-state index in [0.717, 1.165) is 34.9 Å². The molecule has 0 unspecified atom stereocenters. The molecule has 0 saturated heterocycles. The molecule has 0 atom stereocenters. The predicted molar refractivity (Wildman–Crippen MR) is 158 cm³/mol. The first-order valence-corrected chi connectivity index (χ1v) is 13.6. The van der Waals surface area contributed by atoms with Gasteiger partial charge in [-0.15, -0.1) is 0 Å². The molecule has 39 heavy (non-hydrogen) atoms. The number of carbonyl (C=O) groups is 3. The minimum absolute atomic E-state index is 0.174. The van der Waals surface area contributed by atoms with Crippen LogP contribution in [0.1, 0.15) is 47.8 Å². The zero-order valence-electron chi connectivity index (χ0n) is 22.1. The summed E-state index contributed by atoms with van der Waals surface area (Å²) in [5, 5.41) is 6.19. The van der Waals surface area contributed by atoms with Crippen LogP contribution < -0.4 is 20.8 Å². The highest BCUT2D eigenvalue weighted by atomic mass is 79.9. The molecule has 0 aliphatic carbocycles. The molecule has 3 aromatic carbocycles. The molecule has 202 valence electrons. The van der Waals surface area contributed by atoms with Gasteiger partial charge in [0.2, 0.25) is 0 Å². The van der Waals surface area contributed by atoms with Crippen LogP contribution in [0.3, 0.4) is 0 Å². The summed E-state index contributed by atoms with van der Waals surface area (Å²) < 4.78 is 7.83. The first-order valence-electron chi connectivity index (χ1n) is 12.8. The third kappa shape index (κ3) is 7.26. The summed E-state index contributed by atoms with van der Waals surface area (Å²) in [6.07, 6.45) is 3.20. The lowest BCUT2D eigenvalue weighted by molar-refractivity contribution is -0.133. The van der Waals surface area contributed by atoms with Crippen LogP contribution in [0.15, 0.2) is 71.2 Å². The third-order valence-electron chi connectivity index (χ3n) is 6.02. The lowest BCUT2D eigenvalue weighted by atomic mass is 10.1. The van der Waals surface area contributed by atoms with Gasteiger partial charge in [-0.25, -0.2) is 4.68 Å². The lowest BCUT2D eigenvalue weighted by Crippen LogP contribution is -2.36. The highest BCUT2D eigenvalue weighted by Crippen LogP contribution is 2.24. The Morgan fingerprint density at radius 1 is 0.821 bits per heavy atom. The number of fused-ring (bicyclic) bond motifs is 1. The Morgan fingerprint density at radius 2 is 1.54 bits per heavy atom. The van der Waals surface area contributed by atoms with Crippen molar-refractivity contribution < 1.29 is 19.1 Å². The van der Waals surface area contributed by atoms with E-state index < -0.39 is 17.7 Å². The molecule has 0 bridgehead atoms. The molecule has 3 amide bonds. The standard InChI is InChI=1S/C30H31BrN4O4/c1-4-5-6-13-39-25-10-8-23(9-11-25)32-29(37)30(38)34-35-26-12-7-22(31)17-21(26)18-27(35)28(36)33-24-15-19(2)14-20(3)16-24/h7-12,14-18H,4-6,13H2,1-3H3,(H,32,37)(H,33,36)(H,34,38). The third-order valence-corrected chi connectivity index (χ3v) is 6.52. The highest BCUT2D eigenvalue weighted by Gasteiger charge is 2.21. The quantitative estimate of drug-likeness (QED) is 0.152. The summed E-state index contributed by atoms with van der Waals surface area (Å²) in [6.45, 7) is 6.66. The summed E-state index contributed by atoms with van der Waals surface area (Å²) in [6, 6.07) is 19.6. The van der Waals surface area contributed by atoms with Crippen LogP contribution in [0.2, 0.25) is 0 Å². The molecule has 0 radical (unpaired) electrons. The number of amides is 3. The van der Waals surface area contributed by atoms with Crippen LogP contribution in [0, 0.1) is 13.8 Å². The number of hydrogen-bond acceptors (Lipinski definition) is 4. The normalized spacial score (nSPS) is 10.8. The molecule has 1 aromatic heterocycles. The Bertz CT molecular complexity index is 1490. The topological polar surface area (TPSA) is 101 Å². The summed E-state index contributed by atoms with van der Waals surface area (Å²) >= 11 is 3.44. The van der Waals surface area contributed by atoms with Gasteiger partial charge in [0.05, 0.1) is 12.1 Å². The molecule has 0 fully saturated rings. The van der Waals surface area contributed by atoms with E-state index in [-0.39, 0.29) is 5.69 Å². The van der Waals surface area contributed by atoms with E-state index >= 15 is 0 Å². The Labute approximate surface area is 235 Å². The van der Waals surface area contributed by atoms with Crippen molar-refractivity contribution >= 4 is 55.9 Å². The van der Waals surface area contributed by atoms with Gasteiger partial charge < -0.3 is 15.4 Å². The van der Waals surface area contributed by atoms with Crippen molar-refractivity contribution in [3.05, 3.63) is 88.0 Å². The smallest absolute Gasteiger partial charge is 0.328 e. The van der Waals surface area contributed by atoms with Crippen molar-refractivity contribution in [3.63, 3.8) is 0 Å². The van der Waals surface area contributed by atoms with Crippen molar-refractivity contribution in [2.45, 2.75) is 40.0 Å².